The van der Waals surface area contributed by atoms with E-state index in [4.69, 9.17) is 0 Å². The number of amides is 1. The molecule has 5 nitrogen and oxygen atoms in total. The minimum Gasteiger partial charge on any atom is -0.336 e. The smallest absolute Gasteiger partial charge is 0.272 e. The summed E-state index contributed by atoms with van der Waals surface area (Å²) in [5, 5.41) is 5.43. The average molecular weight is 356 g/mol. The lowest BCUT2D eigenvalue weighted by Gasteiger charge is -2.16. The van der Waals surface area contributed by atoms with Crippen molar-refractivity contribution in [1.82, 2.24) is 19.7 Å². The second-order valence-corrected chi connectivity index (χ2v) is 6.58. The van der Waals surface area contributed by atoms with E-state index >= 15 is 0 Å². The molecule has 0 fully saturated rings. The van der Waals surface area contributed by atoms with Crippen LogP contribution in [0, 0.1) is 0 Å². The molecule has 1 amide bonds. The maximum absolute atomic E-state index is 12.7. The quantitative estimate of drug-likeness (QED) is 0.547. The molecule has 0 aliphatic carbocycles. The first-order chi connectivity index (χ1) is 13.2. The number of nitrogens with zero attached hydrogens (tertiary/aromatic N) is 4. The van der Waals surface area contributed by atoms with Gasteiger partial charge >= 0.3 is 0 Å². The van der Waals surface area contributed by atoms with Crippen LogP contribution in [0.2, 0.25) is 0 Å². The predicted octanol–water partition coefficient (Wildman–Crippen LogP) is 3.75. The third-order valence-corrected chi connectivity index (χ3v) is 4.46. The zero-order chi connectivity index (χ0) is 18.6. The van der Waals surface area contributed by atoms with Crippen LogP contribution < -0.4 is 0 Å². The van der Waals surface area contributed by atoms with E-state index in [1.54, 1.807) is 24.2 Å². The van der Waals surface area contributed by atoms with Gasteiger partial charge in [-0.2, -0.15) is 5.10 Å². The van der Waals surface area contributed by atoms with Crippen LogP contribution in [0.25, 0.3) is 10.9 Å². The van der Waals surface area contributed by atoms with E-state index in [1.807, 2.05) is 59.4 Å². The van der Waals surface area contributed by atoms with Crippen molar-refractivity contribution in [3.8, 4) is 0 Å². The highest BCUT2D eigenvalue weighted by Crippen LogP contribution is 2.14. The van der Waals surface area contributed by atoms with Crippen molar-refractivity contribution in [3.63, 3.8) is 0 Å². The molecule has 0 bridgehead atoms. The van der Waals surface area contributed by atoms with Gasteiger partial charge in [0.1, 0.15) is 5.69 Å². The van der Waals surface area contributed by atoms with Gasteiger partial charge in [0.2, 0.25) is 0 Å². The number of hydrogen-bond donors (Lipinski definition) is 0. The molecule has 4 rings (SSSR count). The highest BCUT2D eigenvalue weighted by molar-refractivity contribution is 5.94. The highest BCUT2D eigenvalue weighted by Gasteiger charge is 2.15. The molecule has 0 saturated heterocycles. The van der Waals surface area contributed by atoms with Gasteiger partial charge in [-0.25, -0.2) is 4.98 Å². The van der Waals surface area contributed by atoms with Crippen LogP contribution in [0.3, 0.4) is 0 Å². The summed E-state index contributed by atoms with van der Waals surface area (Å²) in [6, 6.07) is 21.7. The molecule has 0 N–H and O–H groups in total. The summed E-state index contributed by atoms with van der Waals surface area (Å²) in [5.41, 5.74) is 3.46. The number of pyridine rings is 1. The molecule has 0 radical (unpaired) electrons. The van der Waals surface area contributed by atoms with Crippen molar-refractivity contribution in [2.45, 2.75) is 13.1 Å². The van der Waals surface area contributed by atoms with Crippen LogP contribution >= 0.6 is 0 Å². The maximum atomic E-state index is 12.7. The molecular formula is C22H20N4O. The molecule has 2 aromatic heterocycles. The molecule has 2 heterocycles. The van der Waals surface area contributed by atoms with Crippen LogP contribution in [0.1, 0.15) is 21.6 Å². The normalized spacial score (nSPS) is 10.9. The molecule has 4 aromatic rings. The Hall–Kier alpha value is -3.47. The Labute approximate surface area is 157 Å². The lowest BCUT2D eigenvalue weighted by molar-refractivity contribution is 0.0779. The molecule has 0 aliphatic heterocycles. The van der Waals surface area contributed by atoms with Gasteiger partial charge in [0, 0.05) is 30.7 Å². The molecule has 0 unspecified atom stereocenters. The fraction of sp³-hybridized carbons (Fsp3) is 0.136. The highest BCUT2D eigenvalue weighted by atomic mass is 16.2. The van der Waals surface area contributed by atoms with E-state index in [0.29, 0.717) is 18.8 Å². The number of carbonyl (C=O) groups is 1. The van der Waals surface area contributed by atoms with E-state index in [2.05, 4.69) is 22.2 Å². The summed E-state index contributed by atoms with van der Waals surface area (Å²) >= 11 is 0. The number of para-hydroxylation sites is 1. The molecule has 27 heavy (non-hydrogen) atoms. The standard InChI is InChI=1S/C22H20N4O/c1-25(22(27)21-12-11-19-9-5-6-10-20(19)24-21)14-18-13-23-26(16-18)15-17-7-3-2-4-8-17/h2-13,16H,14-15H2,1H3. The predicted molar refractivity (Wildman–Crippen MR) is 105 cm³/mol. The Balaban J connectivity index is 1.45. The molecule has 0 aliphatic rings. The number of hydrogen-bond acceptors (Lipinski definition) is 3. The summed E-state index contributed by atoms with van der Waals surface area (Å²) in [6.45, 7) is 1.20. The first kappa shape index (κ1) is 17.0. The van der Waals surface area contributed by atoms with Crippen LogP contribution in [0.15, 0.2) is 79.1 Å². The van der Waals surface area contributed by atoms with Gasteiger partial charge in [-0.1, -0.05) is 54.6 Å². The van der Waals surface area contributed by atoms with Gasteiger partial charge in [-0.3, -0.25) is 9.48 Å². The van der Waals surface area contributed by atoms with Crippen molar-refractivity contribution in [2.24, 2.45) is 0 Å². The van der Waals surface area contributed by atoms with E-state index in [1.165, 1.54) is 5.56 Å². The molecule has 134 valence electrons. The van der Waals surface area contributed by atoms with Crippen molar-refractivity contribution in [3.05, 3.63) is 95.9 Å². The van der Waals surface area contributed by atoms with Gasteiger partial charge in [-0.05, 0) is 17.7 Å². The summed E-state index contributed by atoms with van der Waals surface area (Å²) in [6.07, 6.45) is 3.78. The Morgan fingerprint density at radius 1 is 0.963 bits per heavy atom. The third-order valence-electron chi connectivity index (χ3n) is 4.46. The van der Waals surface area contributed by atoms with Gasteiger partial charge in [-0.15, -0.1) is 0 Å². The molecule has 2 aromatic carbocycles. The van der Waals surface area contributed by atoms with Gasteiger partial charge < -0.3 is 4.90 Å². The Morgan fingerprint density at radius 2 is 1.74 bits per heavy atom. The summed E-state index contributed by atoms with van der Waals surface area (Å²) in [5.74, 6) is -0.100. The van der Waals surface area contributed by atoms with E-state index < -0.39 is 0 Å². The topological polar surface area (TPSA) is 51.0 Å². The molecule has 0 saturated carbocycles. The number of carbonyl (C=O) groups excluding carboxylic acids is 1. The maximum Gasteiger partial charge on any atom is 0.272 e. The average Bonchev–Trinajstić information content (AvgIpc) is 3.14. The zero-order valence-electron chi connectivity index (χ0n) is 15.1. The lowest BCUT2D eigenvalue weighted by Crippen LogP contribution is -2.26. The molecule has 5 heteroatoms. The Kier molecular flexibility index (Phi) is 4.66. The first-order valence-corrected chi connectivity index (χ1v) is 8.85. The monoisotopic (exact) mass is 356 g/mol. The second kappa shape index (κ2) is 7.41. The zero-order valence-corrected chi connectivity index (χ0v) is 15.1. The summed E-state index contributed by atoms with van der Waals surface area (Å²) in [7, 11) is 1.79. The van der Waals surface area contributed by atoms with Crippen LogP contribution in [0.4, 0.5) is 0 Å². The van der Waals surface area contributed by atoms with Crippen LogP contribution in [0.5, 0.6) is 0 Å². The number of fused-ring (bicyclic) bond motifs is 1. The summed E-state index contributed by atoms with van der Waals surface area (Å²) in [4.78, 5) is 18.9. The van der Waals surface area contributed by atoms with Crippen molar-refractivity contribution < 1.29 is 4.79 Å². The molecule has 0 atom stereocenters. The fourth-order valence-corrected chi connectivity index (χ4v) is 3.07. The molecular weight excluding hydrogens is 336 g/mol. The second-order valence-electron chi connectivity index (χ2n) is 6.58. The number of rotatable bonds is 5. The Bertz CT molecular complexity index is 1070. The minimum atomic E-state index is -0.100. The van der Waals surface area contributed by atoms with Gasteiger partial charge in [0.25, 0.3) is 5.91 Å². The number of benzene rings is 2. The fourth-order valence-electron chi connectivity index (χ4n) is 3.07. The van der Waals surface area contributed by atoms with Crippen LogP contribution in [-0.2, 0) is 13.1 Å². The van der Waals surface area contributed by atoms with Crippen molar-refractivity contribution in [1.29, 1.82) is 0 Å². The van der Waals surface area contributed by atoms with Gasteiger partial charge in [0.15, 0.2) is 0 Å². The third kappa shape index (κ3) is 3.87. The lowest BCUT2D eigenvalue weighted by atomic mass is 10.2. The van der Waals surface area contributed by atoms with E-state index in [9.17, 15) is 4.79 Å². The SMILES string of the molecule is CN(Cc1cnn(Cc2ccccc2)c1)C(=O)c1ccc2ccccc2n1. The van der Waals surface area contributed by atoms with Crippen LogP contribution in [-0.4, -0.2) is 32.6 Å². The van der Waals surface area contributed by atoms with Crippen molar-refractivity contribution in [2.75, 3.05) is 7.05 Å². The van der Waals surface area contributed by atoms with Crippen molar-refractivity contribution >= 4 is 16.8 Å². The molecule has 0 spiro atoms. The van der Waals surface area contributed by atoms with E-state index in [-0.39, 0.29) is 5.91 Å². The largest absolute Gasteiger partial charge is 0.336 e. The van der Waals surface area contributed by atoms with Gasteiger partial charge in [0.05, 0.1) is 18.3 Å². The number of aromatic nitrogens is 3. The minimum absolute atomic E-state index is 0.100. The first-order valence-electron chi connectivity index (χ1n) is 8.85. The summed E-state index contributed by atoms with van der Waals surface area (Å²) < 4.78 is 1.89. The Morgan fingerprint density at radius 3 is 2.59 bits per heavy atom. The van der Waals surface area contributed by atoms with E-state index in [0.717, 1.165) is 16.5 Å².